The Bertz CT molecular complexity index is 720. The second-order valence-electron chi connectivity index (χ2n) is 6.26. The number of sulfone groups is 1. The van der Waals surface area contributed by atoms with Crippen molar-refractivity contribution in [1.29, 1.82) is 0 Å². The first-order valence-corrected chi connectivity index (χ1v) is 11.3. The number of hydrogen-bond donors (Lipinski definition) is 2. The standard InChI is InChI=1S/C17H26BrFN4O2S.HI/c1-20-17(22-7-8-23-9-11-26(24,25)12-10-23)21-6-2-3-14-4-5-15(18)13-16(14)19;/h4-5,13H,2-3,6-12H2,1H3,(H2,20,21,22);1H. The highest BCUT2D eigenvalue weighted by Crippen LogP contribution is 2.16. The van der Waals surface area contributed by atoms with Crippen LogP contribution in [0.2, 0.25) is 0 Å². The molecule has 2 rings (SSSR count). The van der Waals surface area contributed by atoms with E-state index < -0.39 is 9.84 Å². The van der Waals surface area contributed by atoms with Crippen LogP contribution in [-0.2, 0) is 16.3 Å². The second kappa shape index (κ2) is 12.2. The summed E-state index contributed by atoms with van der Waals surface area (Å²) in [6, 6.07) is 5.12. The zero-order valence-electron chi connectivity index (χ0n) is 15.4. The molecule has 1 aliphatic heterocycles. The van der Waals surface area contributed by atoms with Gasteiger partial charge in [0, 0.05) is 44.2 Å². The van der Waals surface area contributed by atoms with Crippen LogP contribution in [0.15, 0.2) is 27.7 Å². The van der Waals surface area contributed by atoms with E-state index in [1.165, 1.54) is 6.07 Å². The van der Waals surface area contributed by atoms with E-state index in [1.807, 2.05) is 6.07 Å². The topological polar surface area (TPSA) is 73.8 Å². The van der Waals surface area contributed by atoms with Crippen molar-refractivity contribution in [2.45, 2.75) is 12.8 Å². The summed E-state index contributed by atoms with van der Waals surface area (Å²) >= 11 is 3.26. The van der Waals surface area contributed by atoms with Gasteiger partial charge in [0.25, 0.3) is 0 Å². The summed E-state index contributed by atoms with van der Waals surface area (Å²) < 4.78 is 37.3. The van der Waals surface area contributed by atoms with E-state index in [1.54, 1.807) is 13.1 Å². The molecule has 27 heavy (non-hydrogen) atoms. The number of hydrogen-bond acceptors (Lipinski definition) is 4. The molecular formula is C17H27BrFIN4O2S. The largest absolute Gasteiger partial charge is 0.356 e. The minimum atomic E-state index is -2.83. The van der Waals surface area contributed by atoms with Crippen LogP contribution in [0, 0.1) is 5.82 Å². The zero-order valence-corrected chi connectivity index (χ0v) is 20.1. The molecule has 10 heteroatoms. The van der Waals surface area contributed by atoms with E-state index in [0.29, 0.717) is 44.1 Å². The van der Waals surface area contributed by atoms with Gasteiger partial charge < -0.3 is 10.6 Å². The molecule has 0 atom stereocenters. The summed E-state index contributed by atoms with van der Waals surface area (Å²) in [5.41, 5.74) is 0.706. The predicted octanol–water partition coefficient (Wildman–Crippen LogP) is 2.03. The smallest absolute Gasteiger partial charge is 0.191 e. The molecule has 1 saturated heterocycles. The third kappa shape index (κ3) is 9.05. The number of rotatable bonds is 7. The van der Waals surface area contributed by atoms with Crippen molar-refractivity contribution in [3.63, 3.8) is 0 Å². The van der Waals surface area contributed by atoms with Gasteiger partial charge in [0.2, 0.25) is 0 Å². The summed E-state index contributed by atoms with van der Waals surface area (Å²) in [5, 5.41) is 6.44. The molecule has 0 saturated carbocycles. The SMILES string of the molecule is CN=C(NCCCc1ccc(Br)cc1F)NCCN1CCS(=O)(=O)CC1.I. The lowest BCUT2D eigenvalue weighted by atomic mass is 10.1. The van der Waals surface area contributed by atoms with Crippen LogP contribution >= 0.6 is 39.9 Å². The Morgan fingerprint density at radius 1 is 1.26 bits per heavy atom. The van der Waals surface area contributed by atoms with Gasteiger partial charge in [-0.3, -0.25) is 9.89 Å². The van der Waals surface area contributed by atoms with E-state index in [0.717, 1.165) is 17.4 Å². The van der Waals surface area contributed by atoms with Crippen LogP contribution in [-0.4, -0.2) is 70.6 Å². The van der Waals surface area contributed by atoms with Crippen LogP contribution in [0.3, 0.4) is 0 Å². The van der Waals surface area contributed by atoms with Gasteiger partial charge in [-0.15, -0.1) is 24.0 Å². The predicted molar refractivity (Wildman–Crippen MR) is 122 cm³/mol. The van der Waals surface area contributed by atoms with E-state index in [-0.39, 0.29) is 41.3 Å². The summed E-state index contributed by atoms with van der Waals surface area (Å²) in [7, 11) is -1.13. The molecule has 0 radical (unpaired) electrons. The number of aryl methyl sites for hydroxylation is 1. The average molecular weight is 577 g/mol. The number of nitrogens with one attached hydrogen (secondary N) is 2. The molecule has 0 amide bonds. The summed E-state index contributed by atoms with van der Waals surface area (Å²) in [5.74, 6) is 0.996. The van der Waals surface area contributed by atoms with Gasteiger partial charge in [0.1, 0.15) is 5.82 Å². The highest BCUT2D eigenvalue weighted by Gasteiger charge is 2.20. The fraction of sp³-hybridized carbons (Fsp3) is 0.588. The molecule has 2 N–H and O–H groups in total. The van der Waals surface area contributed by atoms with Gasteiger partial charge in [-0.1, -0.05) is 22.0 Å². The van der Waals surface area contributed by atoms with Gasteiger partial charge in [-0.2, -0.15) is 0 Å². The van der Waals surface area contributed by atoms with E-state index in [4.69, 9.17) is 0 Å². The molecule has 0 unspecified atom stereocenters. The van der Waals surface area contributed by atoms with Crippen molar-refractivity contribution in [3.05, 3.63) is 34.1 Å². The summed E-state index contributed by atoms with van der Waals surface area (Å²) in [4.78, 5) is 6.30. The number of benzene rings is 1. The Morgan fingerprint density at radius 3 is 2.56 bits per heavy atom. The Labute approximate surface area is 186 Å². The number of guanidine groups is 1. The molecule has 1 aliphatic rings. The molecule has 0 bridgehead atoms. The minimum Gasteiger partial charge on any atom is -0.356 e. The quantitative estimate of drug-likeness (QED) is 0.225. The van der Waals surface area contributed by atoms with Crippen LogP contribution in [0.1, 0.15) is 12.0 Å². The number of nitrogens with zero attached hydrogens (tertiary/aromatic N) is 2. The fourth-order valence-corrected chi connectivity index (χ4v) is 4.35. The maximum absolute atomic E-state index is 13.8. The molecule has 0 spiro atoms. The van der Waals surface area contributed by atoms with E-state index in [9.17, 15) is 12.8 Å². The van der Waals surface area contributed by atoms with Gasteiger partial charge in [0.15, 0.2) is 15.8 Å². The minimum absolute atomic E-state index is 0. The van der Waals surface area contributed by atoms with Crippen molar-refractivity contribution in [3.8, 4) is 0 Å². The Kier molecular flexibility index (Phi) is 11.1. The van der Waals surface area contributed by atoms with Crippen LogP contribution in [0.4, 0.5) is 4.39 Å². The molecule has 1 fully saturated rings. The van der Waals surface area contributed by atoms with Gasteiger partial charge in [-0.05, 0) is 30.5 Å². The van der Waals surface area contributed by atoms with Crippen molar-refractivity contribution in [2.24, 2.45) is 4.99 Å². The van der Waals surface area contributed by atoms with Gasteiger partial charge >= 0.3 is 0 Å². The van der Waals surface area contributed by atoms with Gasteiger partial charge in [0.05, 0.1) is 11.5 Å². The van der Waals surface area contributed by atoms with Crippen molar-refractivity contribution in [2.75, 3.05) is 51.3 Å². The van der Waals surface area contributed by atoms with Gasteiger partial charge in [-0.25, -0.2) is 12.8 Å². The summed E-state index contributed by atoms with van der Waals surface area (Å²) in [6.07, 6.45) is 1.45. The first-order valence-electron chi connectivity index (χ1n) is 8.71. The molecule has 1 aromatic carbocycles. The first-order chi connectivity index (χ1) is 12.4. The molecule has 0 aromatic heterocycles. The maximum atomic E-state index is 13.8. The number of aliphatic imine (C=N–C) groups is 1. The van der Waals surface area contributed by atoms with E-state index >= 15 is 0 Å². The Morgan fingerprint density at radius 2 is 1.93 bits per heavy atom. The summed E-state index contributed by atoms with van der Waals surface area (Å²) in [6.45, 7) is 3.35. The Balaban J connectivity index is 0.00000364. The van der Waals surface area contributed by atoms with Crippen LogP contribution in [0.5, 0.6) is 0 Å². The fourth-order valence-electron chi connectivity index (χ4n) is 2.74. The third-order valence-electron chi connectivity index (χ3n) is 4.31. The molecule has 154 valence electrons. The highest BCUT2D eigenvalue weighted by molar-refractivity contribution is 14.0. The van der Waals surface area contributed by atoms with Crippen molar-refractivity contribution < 1.29 is 12.8 Å². The number of halogens is 3. The van der Waals surface area contributed by atoms with Crippen molar-refractivity contribution in [1.82, 2.24) is 15.5 Å². The lowest BCUT2D eigenvalue weighted by Gasteiger charge is -2.26. The molecule has 1 aromatic rings. The molecule has 1 heterocycles. The highest BCUT2D eigenvalue weighted by atomic mass is 127. The van der Waals surface area contributed by atoms with Crippen LogP contribution in [0.25, 0.3) is 0 Å². The van der Waals surface area contributed by atoms with Crippen molar-refractivity contribution >= 4 is 55.7 Å². The normalized spacial score (nSPS) is 17.2. The monoisotopic (exact) mass is 576 g/mol. The maximum Gasteiger partial charge on any atom is 0.191 e. The first kappa shape index (κ1) is 24.6. The zero-order chi connectivity index (χ0) is 19.0. The second-order valence-corrected chi connectivity index (χ2v) is 9.48. The molecule has 6 nitrogen and oxygen atoms in total. The van der Waals surface area contributed by atoms with E-state index in [2.05, 4.69) is 36.5 Å². The molecule has 0 aliphatic carbocycles. The Hall–Kier alpha value is -0.460. The van der Waals surface area contributed by atoms with Crippen LogP contribution < -0.4 is 10.6 Å². The lowest BCUT2D eigenvalue weighted by molar-refractivity contribution is 0.299. The lowest BCUT2D eigenvalue weighted by Crippen LogP contribution is -2.46. The molecular weight excluding hydrogens is 550 g/mol. The average Bonchev–Trinajstić information content (AvgIpc) is 2.60. The third-order valence-corrected chi connectivity index (χ3v) is 6.41.